The van der Waals surface area contributed by atoms with Gasteiger partial charge in [-0.2, -0.15) is 4.31 Å². The number of carbonyl (C=O) groups is 1. The minimum absolute atomic E-state index is 0.0472. The molecule has 0 fully saturated rings. The SMILES string of the molecule is Cc1ccc(S(=O)(=O)N(C)CC(=O)OCCOc2ccccc2C)cc1. The van der Waals surface area contributed by atoms with Crippen LogP contribution in [0.5, 0.6) is 5.75 Å². The Morgan fingerprint density at radius 2 is 1.65 bits per heavy atom. The highest BCUT2D eigenvalue weighted by Gasteiger charge is 2.23. The summed E-state index contributed by atoms with van der Waals surface area (Å²) in [5.74, 6) is 0.0965. The number of benzene rings is 2. The maximum absolute atomic E-state index is 12.4. The van der Waals surface area contributed by atoms with Crippen molar-refractivity contribution in [2.75, 3.05) is 26.8 Å². The molecule has 140 valence electrons. The minimum atomic E-state index is -3.73. The van der Waals surface area contributed by atoms with Gasteiger partial charge in [-0.15, -0.1) is 0 Å². The molecule has 0 aliphatic heterocycles. The van der Waals surface area contributed by atoms with Crippen LogP contribution < -0.4 is 4.74 Å². The van der Waals surface area contributed by atoms with Crippen LogP contribution in [0.3, 0.4) is 0 Å². The summed E-state index contributed by atoms with van der Waals surface area (Å²) in [6, 6.07) is 14.0. The summed E-state index contributed by atoms with van der Waals surface area (Å²) in [6.45, 7) is 3.68. The smallest absolute Gasteiger partial charge is 0.321 e. The molecule has 0 bridgehead atoms. The van der Waals surface area contributed by atoms with Crippen molar-refractivity contribution >= 4 is 16.0 Å². The van der Waals surface area contributed by atoms with Crippen molar-refractivity contribution in [1.82, 2.24) is 4.31 Å². The Morgan fingerprint density at radius 3 is 2.31 bits per heavy atom. The van der Waals surface area contributed by atoms with Crippen molar-refractivity contribution in [3.63, 3.8) is 0 Å². The van der Waals surface area contributed by atoms with Crippen molar-refractivity contribution < 1.29 is 22.7 Å². The highest BCUT2D eigenvalue weighted by Crippen LogP contribution is 2.16. The number of aryl methyl sites for hydroxylation is 2. The molecule has 2 rings (SSSR count). The number of likely N-dealkylation sites (N-methyl/N-ethyl adjacent to an activating group) is 1. The Balaban J connectivity index is 1.81. The Bertz CT molecular complexity index is 846. The van der Waals surface area contributed by atoms with Crippen molar-refractivity contribution in [1.29, 1.82) is 0 Å². The van der Waals surface area contributed by atoms with Crippen molar-refractivity contribution in [3.05, 3.63) is 59.7 Å². The number of rotatable bonds is 8. The van der Waals surface area contributed by atoms with Crippen molar-refractivity contribution in [2.24, 2.45) is 0 Å². The first-order valence-corrected chi connectivity index (χ1v) is 9.62. The van der Waals surface area contributed by atoms with E-state index in [1.807, 2.05) is 38.1 Å². The summed E-state index contributed by atoms with van der Waals surface area (Å²) in [6.07, 6.45) is 0. The van der Waals surface area contributed by atoms with E-state index in [9.17, 15) is 13.2 Å². The van der Waals surface area contributed by atoms with Gasteiger partial charge in [0.1, 0.15) is 25.5 Å². The van der Waals surface area contributed by atoms with Crippen LogP contribution in [0.25, 0.3) is 0 Å². The molecule has 0 unspecified atom stereocenters. The van der Waals surface area contributed by atoms with E-state index in [0.29, 0.717) is 0 Å². The van der Waals surface area contributed by atoms with Crippen LogP contribution in [0.4, 0.5) is 0 Å². The molecule has 0 spiro atoms. The van der Waals surface area contributed by atoms with Gasteiger partial charge in [0.2, 0.25) is 10.0 Å². The third-order valence-corrected chi connectivity index (χ3v) is 5.60. The van der Waals surface area contributed by atoms with Gasteiger partial charge in [-0.25, -0.2) is 8.42 Å². The van der Waals surface area contributed by atoms with Crippen molar-refractivity contribution in [3.8, 4) is 5.75 Å². The fourth-order valence-corrected chi connectivity index (χ4v) is 3.34. The summed E-state index contributed by atoms with van der Waals surface area (Å²) in [5, 5.41) is 0. The van der Waals surface area contributed by atoms with E-state index >= 15 is 0 Å². The van der Waals surface area contributed by atoms with Gasteiger partial charge in [0.15, 0.2) is 0 Å². The quantitative estimate of drug-likeness (QED) is 0.522. The van der Waals surface area contributed by atoms with Gasteiger partial charge < -0.3 is 9.47 Å². The second kappa shape index (κ2) is 8.82. The van der Waals surface area contributed by atoms with E-state index in [4.69, 9.17) is 9.47 Å². The van der Waals surface area contributed by atoms with Gasteiger partial charge in [-0.1, -0.05) is 35.9 Å². The second-order valence-electron chi connectivity index (χ2n) is 5.91. The zero-order valence-corrected chi connectivity index (χ0v) is 16.0. The van der Waals surface area contributed by atoms with E-state index < -0.39 is 16.0 Å². The van der Waals surface area contributed by atoms with Crippen LogP contribution in [-0.4, -0.2) is 45.5 Å². The normalized spacial score (nSPS) is 11.4. The summed E-state index contributed by atoms with van der Waals surface area (Å²) in [5.41, 5.74) is 1.95. The molecule has 2 aromatic rings. The van der Waals surface area contributed by atoms with E-state index in [1.54, 1.807) is 12.1 Å². The molecule has 26 heavy (non-hydrogen) atoms. The van der Waals surface area contributed by atoms with E-state index in [2.05, 4.69) is 0 Å². The third-order valence-electron chi connectivity index (χ3n) is 3.78. The van der Waals surface area contributed by atoms with Crippen molar-refractivity contribution in [2.45, 2.75) is 18.7 Å². The molecule has 0 N–H and O–H groups in total. The largest absolute Gasteiger partial charge is 0.490 e. The maximum atomic E-state index is 12.4. The first-order chi connectivity index (χ1) is 12.3. The van der Waals surface area contributed by atoms with E-state index in [1.165, 1.54) is 19.2 Å². The molecule has 0 saturated carbocycles. The molecule has 7 heteroatoms. The molecule has 0 radical (unpaired) electrons. The zero-order chi connectivity index (χ0) is 19.2. The zero-order valence-electron chi connectivity index (χ0n) is 15.1. The molecule has 0 heterocycles. The van der Waals surface area contributed by atoms with Gasteiger partial charge >= 0.3 is 5.97 Å². The Kier molecular flexibility index (Phi) is 6.76. The van der Waals surface area contributed by atoms with Crippen LogP contribution in [0.1, 0.15) is 11.1 Å². The lowest BCUT2D eigenvalue weighted by molar-refractivity contribution is -0.144. The molecular weight excluding hydrogens is 354 g/mol. The topological polar surface area (TPSA) is 72.9 Å². The third kappa shape index (κ3) is 5.31. The monoisotopic (exact) mass is 377 g/mol. The lowest BCUT2D eigenvalue weighted by atomic mass is 10.2. The van der Waals surface area contributed by atoms with Crippen LogP contribution in [0, 0.1) is 13.8 Å². The van der Waals surface area contributed by atoms with Gasteiger partial charge in [0, 0.05) is 7.05 Å². The van der Waals surface area contributed by atoms with Crippen LogP contribution in [-0.2, 0) is 19.6 Å². The Hall–Kier alpha value is -2.38. The first-order valence-electron chi connectivity index (χ1n) is 8.18. The van der Waals surface area contributed by atoms with Gasteiger partial charge in [0.05, 0.1) is 4.90 Å². The Labute approximate surface area is 154 Å². The summed E-state index contributed by atoms with van der Waals surface area (Å²) in [4.78, 5) is 12.0. The molecule has 2 aromatic carbocycles. The molecule has 0 amide bonds. The molecule has 0 atom stereocenters. The average molecular weight is 377 g/mol. The number of hydrogen-bond donors (Lipinski definition) is 0. The molecular formula is C19H23NO5S. The molecule has 0 aromatic heterocycles. The Morgan fingerprint density at radius 1 is 1.00 bits per heavy atom. The van der Waals surface area contributed by atoms with Crippen LogP contribution >= 0.6 is 0 Å². The highest BCUT2D eigenvalue weighted by molar-refractivity contribution is 7.89. The number of para-hydroxylation sites is 1. The number of ether oxygens (including phenoxy) is 2. The van der Waals surface area contributed by atoms with Crippen LogP contribution in [0.2, 0.25) is 0 Å². The second-order valence-corrected chi connectivity index (χ2v) is 7.95. The lowest BCUT2D eigenvalue weighted by Crippen LogP contribution is -2.33. The fraction of sp³-hybridized carbons (Fsp3) is 0.316. The predicted molar refractivity (Wildman–Crippen MR) is 98.6 cm³/mol. The number of nitrogens with zero attached hydrogens (tertiary/aromatic N) is 1. The lowest BCUT2D eigenvalue weighted by Gasteiger charge is -2.16. The summed E-state index contributed by atoms with van der Waals surface area (Å²) >= 11 is 0. The molecule has 6 nitrogen and oxygen atoms in total. The number of esters is 1. The maximum Gasteiger partial charge on any atom is 0.321 e. The molecule has 0 aliphatic carbocycles. The number of sulfonamides is 1. The highest BCUT2D eigenvalue weighted by atomic mass is 32.2. The van der Waals surface area contributed by atoms with E-state index in [0.717, 1.165) is 21.2 Å². The standard InChI is InChI=1S/C19H23NO5S/c1-15-8-10-17(11-9-15)26(22,23)20(3)14-19(21)25-13-12-24-18-7-5-4-6-16(18)2/h4-11H,12-14H2,1-3H3. The van der Waals surface area contributed by atoms with Crippen LogP contribution in [0.15, 0.2) is 53.4 Å². The number of hydrogen-bond acceptors (Lipinski definition) is 5. The van der Waals surface area contributed by atoms with Gasteiger partial charge in [-0.3, -0.25) is 4.79 Å². The van der Waals surface area contributed by atoms with Gasteiger partial charge in [0.25, 0.3) is 0 Å². The first kappa shape index (κ1) is 19.9. The van der Waals surface area contributed by atoms with E-state index in [-0.39, 0.29) is 24.7 Å². The predicted octanol–water partition coefficient (Wildman–Crippen LogP) is 2.55. The molecule has 0 saturated heterocycles. The molecule has 0 aliphatic rings. The minimum Gasteiger partial charge on any atom is -0.490 e. The summed E-state index contributed by atoms with van der Waals surface area (Å²) < 4.78 is 36.4. The van der Waals surface area contributed by atoms with Gasteiger partial charge in [-0.05, 0) is 37.6 Å². The fourth-order valence-electron chi connectivity index (χ4n) is 2.23. The number of carbonyl (C=O) groups excluding carboxylic acids is 1. The average Bonchev–Trinajstić information content (AvgIpc) is 2.60. The summed E-state index contributed by atoms with van der Waals surface area (Å²) in [7, 11) is -2.38.